The molecule has 1 amide bonds. The lowest BCUT2D eigenvalue weighted by atomic mass is 10.1. The van der Waals surface area contributed by atoms with Crippen LogP contribution in [0.25, 0.3) is 11.3 Å². The topological polar surface area (TPSA) is 119 Å². The lowest BCUT2D eigenvalue weighted by Crippen LogP contribution is -2.34. The molecule has 28 heavy (non-hydrogen) atoms. The number of nitrogen functional groups attached to an aromatic ring is 1. The smallest absolute Gasteiger partial charge is 0.272 e. The Morgan fingerprint density at radius 1 is 1.21 bits per heavy atom. The van der Waals surface area contributed by atoms with E-state index in [1.165, 1.54) is 4.68 Å². The summed E-state index contributed by atoms with van der Waals surface area (Å²) in [6.45, 7) is 2.53. The zero-order chi connectivity index (χ0) is 19.9. The number of benzene rings is 1. The standard InChI is InChI=1S/C20H22N6O2/c1-2-28-20(26-12-9-17(25-26)15-7-10-23-11-8-15)19(27)24-13-14-3-5-16(6-4-14)18(21)22/h3-12,20H,2,13H2,1H3,(H3,21,22)(H,24,27). The van der Waals surface area contributed by atoms with E-state index in [1.54, 1.807) is 30.7 Å². The Bertz CT molecular complexity index is 937. The van der Waals surface area contributed by atoms with Crippen molar-refractivity contribution in [2.24, 2.45) is 5.73 Å². The minimum atomic E-state index is -0.864. The highest BCUT2D eigenvalue weighted by atomic mass is 16.5. The van der Waals surface area contributed by atoms with Crippen LogP contribution in [0.4, 0.5) is 0 Å². The maximum atomic E-state index is 12.7. The number of amides is 1. The van der Waals surface area contributed by atoms with Crippen molar-refractivity contribution in [1.82, 2.24) is 20.1 Å². The second-order valence-electron chi connectivity index (χ2n) is 6.05. The van der Waals surface area contributed by atoms with Crippen LogP contribution in [0.3, 0.4) is 0 Å². The average molecular weight is 378 g/mol. The van der Waals surface area contributed by atoms with Gasteiger partial charge in [-0.2, -0.15) is 5.10 Å². The molecule has 0 aliphatic carbocycles. The third-order valence-electron chi connectivity index (χ3n) is 4.11. The number of nitrogens with two attached hydrogens (primary N) is 1. The van der Waals surface area contributed by atoms with Crippen molar-refractivity contribution >= 4 is 11.7 Å². The van der Waals surface area contributed by atoms with Crippen LogP contribution in [0.1, 0.15) is 24.3 Å². The highest BCUT2D eigenvalue weighted by Gasteiger charge is 2.21. The number of nitrogens with zero attached hydrogens (tertiary/aromatic N) is 3. The van der Waals surface area contributed by atoms with Gasteiger partial charge in [0, 0.05) is 42.9 Å². The summed E-state index contributed by atoms with van der Waals surface area (Å²) in [5.41, 5.74) is 8.64. The van der Waals surface area contributed by atoms with E-state index in [1.807, 2.05) is 37.3 Å². The van der Waals surface area contributed by atoms with Crippen LogP contribution in [-0.4, -0.2) is 33.1 Å². The van der Waals surface area contributed by atoms with Crippen LogP contribution in [0.2, 0.25) is 0 Å². The molecular weight excluding hydrogens is 356 g/mol. The molecule has 0 radical (unpaired) electrons. The van der Waals surface area contributed by atoms with Gasteiger partial charge in [-0.05, 0) is 30.7 Å². The molecule has 1 aromatic carbocycles. The van der Waals surface area contributed by atoms with E-state index in [-0.39, 0.29) is 11.7 Å². The van der Waals surface area contributed by atoms with Crippen LogP contribution >= 0.6 is 0 Å². The number of carbonyl (C=O) groups excluding carboxylic acids is 1. The van der Waals surface area contributed by atoms with Gasteiger partial charge in [0.1, 0.15) is 5.84 Å². The highest BCUT2D eigenvalue weighted by Crippen LogP contribution is 2.18. The van der Waals surface area contributed by atoms with Gasteiger partial charge >= 0.3 is 0 Å². The predicted molar refractivity (Wildman–Crippen MR) is 105 cm³/mol. The summed E-state index contributed by atoms with van der Waals surface area (Å²) in [5, 5.41) is 14.7. The zero-order valence-electron chi connectivity index (χ0n) is 15.5. The van der Waals surface area contributed by atoms with Crippen molar-refractivity contribution in [2.75, 3.05) is 6.61 Å². The van der Waals surface area contributed by atoms with E-state index in [9.17, 15) is 4.79 Å². The second-order valence-corrected chi connectivity index (χ2v) is 6.05. The number of ether oxygens (including phenoxy) is 1. The first-order valence-electron chi connectivity index (χ1n) is 8.86. The molecule has 0 fully saturated rings. The third kappa shape index (κ3) is 4.60. The minimum Gasteiger partial charge on any atom is -0.384 e. The van der Waals surface area contributed by atoms with Crippen molar-refractivity contribution in [1.29, 1.82) is 5.41 Å². The van der Waals surface area contributed by atoms with Gasteiger partial charge in [0.15, 0.2) is 0 Å². The molecule has 0 aliphatic rings. The van der Waals surface area contributed by atoms with Crippen molar-refractivity contribution in [3.8, 4) is 11.3 Å². The number of carbonyl (C=O) groups is 1. The third-order valence-corrected chi connectivity index (χ3v) is 4.11. The molecule has 2 aromatic heterocycles. The fourth-order valence-electron chi connectivity index (χ4n) is 2.65. The van der Waals surface area contributed by atoms with Gasteiger partial charge in [0.25, 0.3) is 5.91 Å². The van der Waals surface area contributed by atoms with Crippen LogP contribution < -0.4 is 11.1 Å². The Hall–Kier alpha value is -3.52. The fourth-order valence-corrected chi connectivity index (χ4v) is 2.65. The highest BCUT2D eigenvalue weighted by molar-refractivity contribution is 5.94. The molecule has 3 rings (SSSR count). The maximum Gasteiger partial charge on any atom is 0.272 e. The summed E-state index contributed by atoms with van der Waals surface area (Å²) in [6, 6.07) is 12.7. The largest absolute Gasteiger partial charge is 0.384 e. The van der Waals surface area contributed by atoms with Crippen molar-refractivity contribution in [2.45, 2.75) is 19.7 Å². The normalized spacial score (nSPS) is 11.8. The lowest BCUT2D eigenvalue weighted by Gasteiger charge is -2.17. The number of hydrogen-bond donors (Lipinski definition) is 3. The SMILES string of the molecule is CCOC(C(=O)NCc1ccc(C(=N)N)cc1)n1ccc(-c2ccncc2)n1. The lowest BCUT2D eigenvalue weighted by molar-refractivity contribution is -0.139. The van der Waals surface area contributed by atoms with Crippen molar-refractivity contribution in [3.05, 3.63) is 72.2 Å². The van der Waals surface area contributed by atoms with Crippen LogP contribution in [-0.2, 0) is 16.1 Å². The Morgan fingerprint density at radius 3 is 2.57 bits per heavy atom. The quantitative estimate of drug-likeness (QED) is 0.410. The fraction of sp³-hybridized carbons (Fsp3) is 0.200. The Morgan fingerprint density at radius 2 is 1.93 bits per heavy atom. The summed E-state index contributed by atoms with van der Waals surface area (Å²) >= 11 is 0. The Balaban J connectivity index is 1.68. The van der Waals surface area contributed by atoms with Gasteiger partial charge in [-0.15, -0.1) is 0 Å². The predicted octanol–water partition coefficient (Wildman–Crippen LogP) is 2.08. The number of aromatic nitrogens is 3. The minimum absolute atomic E-state index is 0.00989. The van der Waals surface area contributed by atoms with E-state index in [4.69, 9.17) is 15.9 Å². The van der Waals surface area contributed by atoms with Crippen LogP contribution in [0.5, 0.6) is 0 Å². The number of pyridine rings is 1. The Labute approximate surface area is 162 Å². The molecule has 144 valence electrons. The molecule has 8 heteroatoms. The van der Waals surface area contributed by atoms with Crippen molar-refractivity contribution < 1.29 is 9.53 Å². The summed E-state index contributed by atoms with van der Waals surface area (Å²) in [7, 11) is 0. The van der Waals surface area contributed by atoms with E-state index in [2.05, 4.69) is 15.4 Å². The van der Waals surface area contributed by atoms with Crippen LogP contribution in [0, 0.1) is 5.41 Å². The molecule has 0 bridgehead atoms. The van der Waals surface area contributed by atoms with Crippen molar-refractivity contribution in [3.63, 3.8) is 0 Å². The first kappa shape index (κ1) is 19.2. The number of rotatable bonds is 8. The van der Waals surface area contributed by atoms with Gasteiger partial charge in [-0.3, -0.25) is 15.2 Å². The van der Waals surface area contributed by atoms with Crippen LogP contribution in [0.15, 0.2) is 61.1 Å². The van der Waals surface area contributed by atoms with Gasteiger partial charge in [-0.1, -0.05) is 24.3 Å². The molecule has 3 aromatic rings. The molecule has 0 aliphatic heterocycles. The molecule has 2 heterocycles. The molecule has 0 spiro atoms. The van der Waals surface area contributed by atoms with Gasteiger partial charge in [0.05, 0.1) is 5.69 Å². The second kappa shape index (κ2) is 8.92. The number of amidine groups is 1. The van der Waals surface area contributed by atoms with Gasteiger partial charge in [-0.25, -0.2) is 4.68 Å². The summed E-state index contributed by atoms with van der Waals surface area (Å²) < 4.78 is 7.12. The first-order valence-corrected chi connectivity index (χ1v) is 8.86. The average Bonchev–Trinajstić information content (AvgIpc) is 3.21. The van der Waals surface area contributed by atoms with E-state index in [0.29, 0.717) is 18.7 Å². The van der Waals surface area contributed by atoms with E-state index >= 15 is 0 Å². The molecule has 4 N–H and O–H groups in total. The maximum absolute atomic E-state index is 12.7. The molecule has 8 nitrogen and oxygen atoms in total. The summed E-state index contributed by atoms with van der Waals surface area (Å²) in [5.74, 6) is -0.280. The summed E-state index contributed by atoms with van der Waals surface area (Å²) in [6.07, 6.45) is 4.24. The van der Waals surface area contributed by atoms with Gasteiger partial charge < -0.3 is 15.8 Å². The number of nitrogens with one attached hydrogen (secondary N) is 2. The molecule has 0 saturated heterocycles. The number of hydrogen-bond acceptors (Lipinski definition) is 5. The first-order chi connectivity index (χ1) is 13.6. The summed E-state index contributed by atoms with van der Waals surface area (Å²) in [4.78, 5) is 16.7. The molecular formula is C20H22N6O2. The van der Waals surface area contributed by atoms with E-state index < -0.39 is 6.23 Å². The zero-order valence-corrected chi connectivity index (χ0v) is 15.5. The molecule has 1 unspecified atom stereocenters. The molecule has 0 saturated carbocycles. The van der Waals surface area contributed by atoms with Gasteiger partial charge in [0.2, 0.25) is 6.23 Å². The Kier molecular flexibility index (Phi) is 6.13. The molecule has 1 atom stereocenters. The monoisotopic (exact) mass is 378 g/mol. The van der Waals surface area contributed by atoms with E-state index in [0.717, 1.165) is 16.8 Å².